The van der Waals surface area contributed by atoms with Gasteiger partial charge in [-0.2, -0.15) is 0 Å². The van der Waals surface area contributed by atoms with E-state index in [9.17, 15) is 24.0 Å². The van der Waals surface area contributed by atoms with Gasteiger partial charge >= 0.3 is 17.7 Å². The number of aromatic nitrogens is 2. The number of hydrogen-bond acceptors (Lipinski definition) is 6. The highest BCUT2D eigenvalue weighted by atomic mass is 16.5. The van der Waals surface area contributed by atoms with Gasteiger partial charge in [-0.05, 0) is 36.2 Å². The largest absolute Gasteiger partial charge is 0.466 e. The van der Waals surface area contributed by atoms with E-state index in [1.165, 1.54) is 17.7 Å². The van der Waals surface area contributed by atoms with E-state index in [4.69, 9.17) is 4.74 Å². The van der Waals surface area contributed by atoms with Gasteiger partial charge in [0.25, 0.3) is 5.56 Å². The van der Waals surface area contributed by atoms with E-state index in [0.29, 0.717) is 23.3 Å². The lowest BCUT2D eigenvalue weighted by atomic mass is 10.0. The van der Waals surface area contributed by atoms with Gasteiger partial charge in [0.1, 0.15) is 6.54 Å². The maximum Gasteiger partial charge on any atom is 0.331 e. The van der Waals surface area contributed by atoms with Crippen molar-refractivity contribution in [2.45, 2.75) is 32.5 Å². The minimum absolute atomic E-state index is 0.115. The fraction of sp³-hybridized carbons (Fsp3) is 0.233. The van der Waals surface area contributed by atoms with E-state index in [1.807, 2.05) is 30.3 Å². The number of hydrogen-bond donors (Lipinski definition) is 3. The first-order valence-electron chi connectivity index (χ1n) is 13.1. The number of anilines is 1. The third-order valence-corrected chi connectivity index (χ3v) is 6.42. The Morgan fingerprint density at radius 2 is 1.61 bits per heavy atom. The Bertz CT molecular complexity index is 1660. The summed E-state index contributed by atoms with van der Waals surface area (Å²) in [4.78, 5) is 64.1. The van der Waals surface area contributed by atoms with Gasteiger partial charge < -0.3 is 20.7 Å². The topological polar surface area (TPSA) is 141 Å². The number of carbonyl (C=O) groups excluding carboxylic acids is 3. The van der Waals surface area contributed by atoms with Gasteiger partial charge in [0.15, 0.2) is 0 Å². The quantitative estimate of drug-likeness (QED) is 0.256. The highest BCUT2D eigenvalue weighted by Crippen LogP contribution is 2.18. The standard InChI is InChI=1S/C30H31N5O6/c1-3-41-27(37)17-24(21-12-8-5-9-13-21)33-26(36)19-35-28(38)23-16-22(14-15-25(23)34(2)30(35)40)32-29(39)31-18-20-10-6-4-7-11-20/h4-16,24H,3,17-19H2,1-2H3,(H,33,36)(H2,31,32,39)/t24-/m0/s1. The molecule has 41 heavy (non-hydrogen) atoms. The summed E-state index contributed by atoms with van der Waals surface area (Å²) in [7, 11) is 1.49. The maximum atomic E-state index is 13.4. The zero-order chi connectivity index (χ0) is 29.4. The Kier molecular flexibility index (Phi) is 9.31. The lowest BCUT2D eigenvalue weighted by molar-refractivity contribution is -0.143. The number of benzene rings is 3. The number of carbonyl (C=O) groups is 3. The number of amides is 3. The van der Waals surface area contributed by atoms with Crippen LogP contribution < -0.4 is 27.2 Å². The summed E-state index contributed by atoms with van der Waals surface area (Å²) in [5.41, 5.74) is 0.918. The summed E-state index contributed by atoms with van der Waals surface area (Å²) in [6, 6.07) is 21.7. The molecule has 3 amide bonds. The van der Waals surface area contributed by atoms with Gasteiger partial charge in [-0.15, -0.1) is 0 Å². The van der Waals surface area contributed by atoms with Crippen molar-refractivity contribution in [1.29, 1.82) is 0 Å². The lowest BCUT2D eigenvalue weighted by Gasteiger charge is -2.19. The number of fused-ring (bicyclic) bond motifs is 1. The van der Waals surface area contributed by atoms with Gasteiger partial charge in [-0.3, -0.25) is 23.5 Å². The molecular formula is C30H31N5O6. The van der Waals surface area contributed by atoms with Crippen LogP contribution in [0.1, 0.15) is 30.5 Å². The molecular weight excluding hydrogens is 526 g/mol. The van der Waals surface area contributed by atoms with E-state index in [-0.39, 0.29) is 18.4 Å². The molecule has 0 aliphatic rings. The summed E-state index contributed by atoms with van der Waals surface area (Å²) in [6.45, 7) is 1.63. The summed E-state index contributed by atoms with van der Waals surface area (Å²) >= 11 is 0. The molecule has 3 N–H and O–H groups in total. The molecule has 1 aromatic heterocycles. The summed E-state index contributed by atoms with van der Waals surface area (Å²) in [6.07, 6.45) is -0.115. The third kappa shape index (κ3) is 7.27. The van der Waals surface area contributed by atoms with E-state index in [0.717, 1.165) is 10.1 Å². The van der Waals surface area contributed by atoms with Crippen LogP contribution in [0.25, 0.3) is 10.9 Å². The monoisotopic (exact) mass is 557 g/mol. The number of rotatable bonds is 10. The number of nitrogens with one attached hydrogen (secondary N) is 3. The molecule has 11 nitrogen and oxygen atoms in total. The smallest absolute Gasteiger partial charge is 0.331 e. The number of aryl methyl sites for hydroxylation is 1. The lowest BCUT2D eigenvalue weighted by Crippen LogP contribution is -2.44. The molecule has 0 spiro atoms. The SMILES string of the molecule is CCOC(=O)C[C@H](NC(=O)Cn1c(=O)c2cc(NC(=O)NCc3ccccc3)ccc2n(C)c1=O)c1ccccc1. The van der Waals surface area contributed by atoms with Gasteiger partial charge in [-0.1, -0.05) is 60.7 Å². The molecule has 1 atom stereocenters. The van der Waals surface area contributed by atoms with Gasteiger partial charge in [-0.25, -0.2) is 9.59 Å². The molecule has 3 aromatic carbocycles. The molecule has 0 saturated carbocycles. The van der Waals surface area contributed by atoms with Crippen LogP contribution in [0, 0.1) is 0 Å². The molecule has 212 valence electrons. The first-order valence-corrected chi connectivity index (χ1v) is 13.1. The number of ether oxygens (including phenoxy) is 1. The first kappa shape index (κ1) is 28.8. The van der Waals surface area contributed by atoms with Crippen molar-refractivity contribution < 1.29 is 19.1 Å². The second-order valence-corrected chi connectivity index (χ2v) is 9.30. The zero-order valence-electron chi connectivity index (χ0n) is 22.8. The molecule has 0 radical (unpaired) electrons. The Balaban J connectivity index is 1.54. The highest BCUT2D eigenvalue weighted by molar-refractivity contribution is 5.92. The second kappa shape index (κ2) is 13.2. The zero-order valence-corrected chi connectivity index (χ0v) is 22.8. The molecule has 1 heterocycles. The van der Waals surface area contributed by atoms with Crippen LogP contribution in [-0.2, 0) is 34.5 Å². The van der Waals surface area contributed by atoms with Crippen LogP contribution in [0.15, 0.2) is 88.5 Å². The first-order chi connectivity index (χ1) is 19.8. The van der Waals surface area contributed by atoms with Crippen LogP contribution in [-0.4, -0.2) is 33.6 Å². The molecule has 0 saturated heterocycles. The van der Waals surface area contributed by atoms with E-state index in [1.54, 1.807) is 49.4 Å². The van der Waals surface area contributed by atoms with E-state index >= 15 is 0 Å². The van der Waals surface area contributed by atoms with Crippen LogP contribution in [0.2, 0.25) is 0 Å². The van der Waals surface area contributed by atoms with E-state index < -0.39 is 41.7 Å². The molecule has 4 rings (SSSR count). The fourth-order valence-corrected chi connectivity index (χ4v) is 4.39. The summed E-state index contributed by atoms with van der Waals surface area (Å²) in [5, 5.41) is 8.33. The highest BCUT2D eigenvalue weighted by Gasteiger charge is 2.21. The normalized spacial score (nSPS) is 11.5. The average molecular weight is 558 g/mol. The maximum absolute atomic E-state index is 13.4. The molecule has 0 aliphatic carbocycles. The minimum atomic E-state index is -0.715. The predicted molar refractivity (Wildman–Crippen MR) is 154 cm³/mol. The van der Waals surface area contributed by atoms with Crippen LogP contribution in [0.3, 0.4) is 0 Å². The summed E-state index contributed by atoms with van der Waals surface area (Å²) in [5.74, 6) is -1.12. The fourth-order valence-electron chi connectivity index (χ4n) is 4.39. The van der Waals surface area contributed by atoms with Gasteiger partial charge in [0.2, 0.25) is 5.91 Å². The number of nitrogens with zero attached hydrogens (tertiary/aromatic N) is 2. The van der Waals surface area contributed by atoms with Crippen molar-refractivity contribution in [3.8, 4) is 0 Å². The van der Waals surface area contributed by atoms with Crippen molar-refractivity contribution >= 4 is 34.5 Å². The van der Waals surface area contributed by atoms with Crippen molar-refractivity contribution in [3.05, 3.63) is 111 Å². The summed E-state index contributed by atoms with van der Waals surface area (Å²) < 4.78 is 7.12. The van der Waals surface area contributed by atoms with Gasteiger partial charge in [0.05, 0.1) is 30.0 Å². The Labute approximate surface area is 235 Å². The second-order valence-electron chi connectivity index (χ2n) is 9.30. The molecule has 4 aromatic rings. The minimum Gasteiger partial charge on any atom is -0.466 e. The van der Waals surface area contributed by atoms with E-state index in [2.05, 4.69) is 16.0 Å². The van der Waals surface area contributed by atoms with Crippen molar-refractivity contribution in [3.63, 3.8) is 0 Å². The molecule has 0 unspecified atom stereocenters. The Morgan fingerprint density at radius 3 is 2.29 bits per heavy atom. The van der Waals surface area contributed by atoms with Crippen molar-refractivity contribution in [2.24, 2.45) is 7.05 Å². The van der Waals surface area contributed by atoms with Gasteiger partial charge in [0, 0.05) is 19.3 Å². The van der Waals surface area contributed by atoms with Crippen molar-refractivity contribution in [2.75, 3.05) is 11.9 Å². The predicted octanol–water partition coefficient (Wildman–Crippen LogP) is 2.83. The van der Waals surface area contributed by atoms with Crippen LogP contribution in [0.4, 0.5) is 10.5 Å². The van der Waals surface area contributed by atoms with Crippen molar-refractivity contribution in [1.82, 2.24) is 19.8 Å². The molecule has 0 bridgehead atoms. The van der Waals surface area contributed by atoms with Crippen LogP contribution in [0.5, 0.6) is 0 Å². The number of urea groups is 1. The number of esters is 1. The Morgan fingerprint density at radius 1 is 0.927 bits per heavy atom. The molecule has 0 aliphatic heterocycles. The van der Waals surface area contributed by atoms with Crippen LogP contribution >= 0.6 is 0 Å². The average Bonchev–Trinajstić information content (AvgIpc) is 2.98. The molecule has 11 heteroatoms. The third-order valence-electron chi connectivity index (χ3n) is 6.42. The Hall–Kier alpha value is -5.19. The molecule has 0 fully saturated rings.